The summed E-state index contributed by atoms with van der Waals surface area (Å²) in [5.74, 6) is 0.597. The average molecular weight is 393 g/mol. The van der Waals surface area contributed by atoms with Gasteiger partial charge in [0.05, 0.1) is 17.4 Å². The standard InChI is InChI=1S/C20H23N7O2/c1-13(2)22-20(29)26-9-7-14(11-26)18-25-24-17-6-5-15(12-27(17)18)19(28)23-16-4-3-8-21-10-16/h3-6,8,10,12-14H,7,9,11H2,1-2H3,(H,22,29)(H,23,28)/t14-/m1/s1. The molecule has 29 heavy (non-hydrogen) atoms. The van der Waals surface area contributed by atoms with Gasteiger partial charge < -0.3 is 15.5 Å². The summed E-state index contributed by atoms with van der Waals surface area (Å²) < 4.78 is 1.84. The highest BCUT2D eigenvalue weighted by molar-refractivity contribution is 6.04. The van der Waals surface area contributed by atoms with E-state index in [1.54, 1.807) is 47.8 Å². The number of hydrogen-bond donors (Lipinski definition) is 2. The van der Waals surface area contributed by atoms with E-state index < -0.39 is 0 Å². The number of carbonyl (C=O) groups is 2. The normalized spacial score (nSPS) is 16.4. The van der Waals surface area contributed by atoms with E-state index in [2.05, 4.69) is 25.8 Å². The third kappa shape index (κ3) is 4.03. The van der Waals surface area contributed by atoms with Gasteiger partial charge in [-0.3, -0.25) is 14.2 Å². The third-order valence-electron chi connectivity index (χ3n) is 4.86. The number of fused-ring (bicyclic) bond motifs is 1. The molecule has 0 aliphatic carbocycles. The SMILES string of the molecule is CC(C)NC(=O)N1CC[C@@H](c2nnc3ccc(C(=O)Nc4cccnc4)cn23)C1. The Kier molecular flexibility index (Phi) is 5.11. The van der Waals surface area contributed by atoms with E-state index in [0.717, 1.165) is 12.2 Å². The van der Waals surface area contributed by atoms with Gasteiger partial charge in [0.1, 0.15) is 5.82 Å². The van der Waals surface area contributed by atoms with E-state index in [0.29, 0.717) is 30.0 Å². The Labute approximate surface area is 168 Å². The molecule has 1 aliphatic heterocycles. The molecule has 0 unspecified atom stereocenters. The van der Waals surface area contributed by atoms with E-state index in [9.17, 15) is 9.59 Å². The van der Waals surface area contributed by atoms with Crippen LogP contribution in [0.15, 0.2) is 42.9 Å². The molecule has 3 amide bonds. The van der Waals surface area contributed by atoms with Crippen molar-refractivity contribution in [2.75, 3.05) is 18.4 Å². The highest BCUT2D eigenvalue weighted by Crippen LogP contribution is 2.26. The number of anilines is 1. The zero-order valence-corrected chi connectivity index (χ0v) is 16.4. The Morgan fingerprint density at radius 3 is 2.83 bits per heavy atom. The van der Waals surface area contributed by atoms with Crippen LogP contribution in [0.25, 0.3) is 5.65 Å². The minimum Gasteiger partial charge on any atom is -0.336 e. The Balaban J connectivity index is 1.53. The number of rotatable bonds is 4. The maximum absolute atomic E-state index is 12.6. The highest BCUT2D eigenvalue weighted by atomic mass is 16.2. The van der Waals surface area contributed by atoms with E-state index in [-0.39, 0.29) is 23.9 Å². The maximum atomic E-state index is 12.6. The van der Waals surface area contributed by atoms with Crippen molar-refractivity contribution >= 4 is 23.3 Å². The second kappa shape index (κ2) is 7.86. The molecule has 0 radical (unpaired) electrons. The van der Waals surface area contributed by atoms with Crippen LogP contribution in [-0.2, 0) is 0 Å². The quantitative estimate of drug-likeness (QED) is 0.708. The molecule has 150 valence electrons. The fourth-order valence-electron chi connectivity index (χ4n) is 3.45. The number of hydrogen-bond acceptors (Lipinski definition) is 5. The Morgan fingerprint density at radius 1 is 1.21 bits per heavy atom. The third-order valence-corrected chi connectivity index (χ3v) is 4.86. The van der Waals surface area contributed by atoms with Gasteiger partial charge in [-0.25, -0.2) is 4.79 Å². The zero-order chi connectivity index (χ0) is 20.4. The molecular formula is C20H23N7O2. The maximum Gasteiger partial charge on any atom is 0.317 e. The first-order chi connectivity index (χ1) is 14.0. The van der Waals surface area contributed by atoms with Crippen LogP contribution in [0.5, 0.6) is 0 Å². The molecule has 1 saturated heterocycles. The highest BCUT2D eigenvalue weighted by Gasteiger charge is 2.30. The molecule has 0 spiro atoms. The fraction of sp³-hybridized carbons (Fsp3) is 0.350. The van der Waals surface area contributed by atoms with E-state index in [1.165, 1.54) is 0 Å². The van der Waals surface area contributed by atoms with Crippen LogP contribution in [0.3, 0.4) is 0 Å². The molecule has 2 N–H and O–H groups in total. The lowest BCUT2D eigenvalue weighted by Gasteiger charge is -2.18. The van der Waals surface area contributed by atoms with Crippen molar-refractivity contribution in [3.8, 4) is 0 Å². The first-order valence-corrected chi connectivity index (χ1v) is 9.63. The molecule has 0 bridgehead atoms. The first-order valence-electron chi connectivity index (χ1n) is 9.63. The summed E-state index contributed by atoms with van der Waals surface area (Å²) in [6, 6.07) is 7.06. The van der Waals surface area contributed by atoms with Crippen LogP contribution in [0.2, 0.25) is 0 Å². The number of nitrogens with zero attached hydrogens (tertiary/aromatic N) is 5. The molecule has 1 aliphatic rings. The van der Waals surface area contributed by atoms with E-state index in [1.807, 2.05) is 18.2 Å². The molecule has 4 heterocycles. The number of aromatic nitrogens is 4. The molecule has 1 fully saturated rings. The minimum atomic E-state index is -0.232. The van der Waals surface area contributed by atoms with E-state index in [4.69, 9.17) is 0 Å². The number of likely N-dealkylation sites (tertiary alicyclic amines) is 1. The second-order valence-electron chi connectivity index (χ2n) is 7.44. The Bertz CT molecular complexity index is 1030. The van der Waals surface area contributed by atoms with Crippen molar-refractivity contribution in [1.82, 2.24) is 29.8 Å². The fourth-order valence-corrected chi connectivity index (χ4v) is 3.45. The van der Waals surface area contributed by atoms with Gasteiger partial charge in [-0.1, -0.05) is 0 Å². The van der Waals surface area contributed by atoms with Crippen molar-refractivity contribution in [1.29, 1.82) is 0 Å². The summed E-state index contributed by atoms with van der Waals surface area (Å²) >= 11 is 0. The zero-order valence-electron chi connectivity index (χ0n) is 16.4. The van der Waals surface area contributed by atoms with Gasteiger partial charge in [-0.2, -0.15) is 0 Å². The van der Waals surface area contributed by atoms with Crippen LogP contribution in [0.1, 0.15) is 42.4 Å². The topological polar surface area (TPSA) is 105 Å². The van der Waals surface area contributed by atoms with Crippen LogP contribution < -0.4 is 10.6 Å². The number of pyridine rings is 2. The molecule has 0 saturated carbocycles. The monoisotopic (exact) mass is 393 g/mol. The molecule has 3 aromatic heterocycles. The molecule has 4 rings (SSSR count). The molecule has 0 aromatic carbocycles. The van der Waals surface area contributed by atoms with Gasteiger partial charge in [0.25, 0.3) is 5.91 Å². The Hall–Kier alpha value is -3.49. The minimum absolute atomic E-state index is 0.0622. The predicted octanol–water partition coefficient (Wildman–Crippen LogP) is 2.28. The van der Waals surface area contributed by atoms with Gasteiger partial charge in [0.15, 0.2) is 5.65 Å². The smallest absolute Gasteiger partial charge is 0.317 e. The molecular weight excluding hydrogens is 370 g/mol. The summed E-state index contributed by atoms with van der Waals surface area (Å²) in [6.45, 7) is 5.12. The van der Waals surface area contributed by atoms with Crippen molar-refractivity contribution in [3.05, 3.63) is 54.2 Å². The lowest BCUT2D eigenvalue weighted by molar-refractivity contribution is 0.102. The first kappa shape index (κ1) is 18.9. The lowest BCUT2D eigenvalue weighted by atomic mass is 10.1. The Morgan fingerprint density at radius 2 is 2.07 bits per heavy atom. The summed E-state index contributed by atoms with van der Waals surface area (Å²) in [5.41, 5.74) is 1.79. The van der Waals surface area contributed by atoms with Crippen molar-refractivity contribution in [2.24, 2.45) is 0 Å². The predicted molar refractivity (Wildman–Crippen MR) is 108 cm³/mol. The van der Waals surface area contributed by atoms with Crippen LogP contribution in [0, 0.1) is 0 Å². The molecule has 9 heteroatoms. The van der Waals surface area contributed by atoms with Crippen molar-refractivity contribution in [2.45, 2.75) is 32.2 Å². The van der Waals surface area contributed by atoms with Gasteiger partial charge in [0, 0.05) is 37.4 Å². The largest absolute Gasteiger partial charge is 0.336 e. The van der Waals surface area contributed by atoms with Gasteiger partial charge >= 0.3 is 6.03 Å². The lowest BCUT2D eigenvalue weighted by Crippen LogP contribution is -2.41. The molecule has 3 aromatic rings. The number of urea groups is 1. The number of nitrogens with one attached hydrogen (secondary N) is 2. The molecule has 1 atom stereocenters. The second-order valence-corrected chi connectivity index (χ2v) is 7.44. The van der Waals surface area contributed by atoms with Crippen LogP contribution >= 0.6 is 0 Å². The van der Waals surface area contributed by atoms with Crippen LogP contribution in [-0.4, -0.2) is 55.6 Å². The van der Waals surface area contributed by atoms with Gasteiger partial charge in [0.2, 0.25) is 0 Å². The number of carbonyl (C=O) groups excluding carboxylic acids is 2. The van der Waals surface area contributed by atoms with Crippen LogP contribution in [0.4, 0.5) is 10.5 Å². The number of amides is 3. The molecule has 9 nitrogen and oxygen atoms in total. The summed E-state index contributed by atoms with van der Waals surface area (Å²) in [7, 11) is 0. The average Bonchev–Trinajstić information content (AvgIpc) is 3.34. The van der Waals surface area contributed by atoms with E-state index >= 15 is 0 Å². The van der Waals surface area contributed by atoms with Crippen molar-refractivity contribution < 1.29 is 9.59 Å². The van der Waals surface area contributed by atoms with Gasteiger partial charge in [-0.15, -0.1) is 10.2 Å². The summed E-state index contributed by atoms with van der Waals surface area (Å²) in [6.07, 6.45) is 5.79. The summed E-state index contributed by atoms with van der Waals surface area (Å²) in [5, 5.41) is 14.3. The van der Waals surface area contributed by atoms with Crippen molar-refractivity contribution in [3.63, 3.8) is 0 Å². The summed E-state index contributed by atoms with van der Waals surface area (Å²) in [4.78, 5) is 30.7. The van der Waals surface area contributed by atoms with Gasteiger partial charge in [-0.05, 0) is 44.5 Å².